The molecule has 0 heterocycles. The predicted octanol–water partition coefficient (Wildman–Crippen LogP) is 3.21. The van der Waals surface area contributed by atoms with Crippen molar-refractivity contribution in [2.24, 2.45) is 0 Å². The Labute approximate surface area is 166 Å². The first kappa shape index (κ1) is 21.3. The zero-order valence-electron chi connectivity index (χ0n) is 16.0. The van der Waals surface area contributed by atoms with Gasteiger partial charge in [0.1, 0.15) is 0 Å². The Morgan fingerprint density at radius 2 is 1.66 bits per heavy atom. The van der Waals surface area contributed by atoms with Gasteiger partial charge in [-0.15, -0.1) is 0 Å². The summed E-state index contributed by atoms with van der Waals surface area (Å²) in [6.45, 7) is 3.03. The molecule has 29 heavy (non-hydrogen) atoms. The molecule has 0 bridgehead atoms. The van der Waals surface area contributed by atoms with E-state index >= 15 is 0 Å². The van der Waals surface area contributed by atoms with Crippen molar-refractivity contribution in [3.8, 4) is 0 Å². The molecule has 9 nitrogen and oxygen atoms in total. The van der Waals surface area contributed by atoms with Gasteiger partial charge in [-0.2, -0.15) is 0 Å². The van der Waals surface area contributed by atoms with Crippen LogP contribution >= 0.6 is 0 Å². The molecule has 0 aliphatic heterocycles. The fourth-order valence-corrected chi connectivity index (χ4v) is 2.42. The van der Waals surface area contributed by atoms with E-state index < -0.39 is 22.7 Å². The summed E-state index contributed by atoms with van der Waals surface area (Å²) in [5.74, 6) is -1.53. The second kappa shape index (κ2) is 9.27. The number of amides is 2. The van der Waals surface area contributed by atoms with Crippen molar-refractivity contribution in [3.63, 3.8) is 0 Å². The quantitative estimate of drug-likeness (QED) is 0.333. The molecule has 2 N–H and O–H groups in total. The summed E-state index contributed by atoms with van der Waals surface area (Å²) in [5.41, 5.74) is 1.67. The highest BCUT2D eigenvalue weighted by Crippen LogP contribution is 2.21. The number of carbonyl (C=O) groups excluding carboxylic acids is 3. The summed E-state index contributed by atoms with van der Waals surface area (Å²) in [5, 5.41) is 16.0. The lowest BCUT2D eigenvalue weighted by Crippen LogP contribution is -2.16. The molecule has 0 aromatic heterocycles. The predicted molar refractivity (Wildman–Crippen MR) is 107 cm³/mol. The Morgan fingerprint density at radius 3 is 2.21 bits per heavy atom. The molecule has 150 valence electrons. The van der Waals surface area contributed by atoms with Crippen LogP contribution in [0.25, 0.3) is 0 Å². The largest absolute Gasteiger partial charge is 0.465 e. The van der Waals surface area contributed by atoms with Gasteiger partial charge >= 0.3 is 5.97 Å². The van der Waals surface area contributed by atoms with Crippen LogP contribution < -0.4 is 10.6 Å². The number of nitro groups is 1. The number of nitrogens with one attached hydrogen (secondary N) is 2. The number of hydrogen-bond acceptors (Lipinski definition) is 6. The number of methoxy groups -OCH3 is 1. The molecule has 9 heteroatoms. The van der Waals surface area contributed by atoms with E-state index in [2.05, 4.69) is 15.4 Å². The van der Waals surface area contributed by atoms with Crippen LogP contribution in [0.4, 0.5) is 17.1 Å². The Bertz CT molecular complexity index is 996. The molecular weight excluding hydrogens is 378 g/mol. The summed E-state index contributed by atoms with van der Waals surface area (Å²) in [4.78, 5) is 46.1. The van der Waals surface area contributed by atoms with E-state index in [1.165, 1.54) is 56.5 Å². The SMILES string of the molecule is COC(=O)c1ccc(NC(=O)/C(C)=C/C(=O)Nc2ccc([N+](=O)[O-])c(C)c2)cc1. The van der Waals surface area contributed by atoms with Gasteiger partial charge in [0.15, 0.2) is 0 Å². The lowest BCUT2D eigenvalue weighted by Gasteiger charge is -2.07. The average molecular weight is 397 g/mol. The summed E-state index contributed by atoms with van der Waals surface area (Å²) in [6, 6.07) is 10.3. The first-order valence-electron chi connectivity index (χ1n) is 8.45. The first-order valence-corrected chi connectivity index (χ1v) is 8.45. The standard InChI is InChI=1S/C20H19N3O6/c1-12-10-16(8-9-17(12)23(27)28)21-18(24)11-13(2)19(25)22-15-6-4-14(5-7-15)20(26)29-3/h4-11H,1-3H3,(H,21,24)(H,22,25)/b13-11+. The van der Waals surface area contributed by atoms with Crippen molar-refractivity contribution in [3.05, 3.63) is 75.4 Å². The molecular formula is C20H19N3O6. The van der Waals surface area contributed by atoms with Gasteiger partial charge in [0.05, 0.1) is 17.6 Å². The number of rotatable bonds is 6. The number of nitrogens with zero attached hydrogens (tertiary/aromatic N) is 1. The van der Waals surface area contributed by atoms with Crippen LogP contribution in [0, 0.1) is 17.0 Å². The van der Waals surface area contributed by atoms with Crippen molar-refractivity contribution >= 4 is 34.8 Å². The van der Waals surface area contributed by atoms with Gasteiger partial charge in [-0.25, -0.2) is 4.79 Å². The van der Waals surface area contributed by atoms with Gasteiger partial charge in [-0.05, 0) is 50.2 Å². The molecule has 0 saturated carbocycles. The summed E-state index contributed by atoms with van der Waals surface area (Å²) in [7, 11) is 1.27. The van der Waals surface area contributed by atoms with E-state index in [1.807, 2.05) is 0 Å². The van der Waals surface area contributed by atoms with Crippen molar-refractivity contribution in [2.45, 2.75) is 13.8 Å². The average Bonchev–Trinajstić information content (AvgIpc) is 2.67. The smallest absolute Gasteiger partial charge is 0.337 e. The van der Waals surface area contributed by atoms with Crippen LogP contribution in [-0.2, 0) is 14.3 Å². The molecule has 2 aromatic rings. The third-order valence-corrected chi connectivity index (χ3v) is 3.93. The Morgan fingerprint density at radius 1 is 1.03 bits per heavy atom. The molecule has 0 saturated heterocycles. The van der Waals surface area contributed by atoms with Gasteiger partial charge < -0.3 is 15.4 Å². The molecule has 0 radical (unpaired) electrons. The maximum absolute atomic E-state index is 12.2. The molecule has 2 amide bonds. The lowest BCUT2D eigenvalue weighted by molar-refractivity contribution is -0.385. The summed E-state index contributed by atoms with van der Waals surface area (Å²) < 4.78 is 4.60. The van der Waals surface area contributed by atoms with E-state index in [0.29, 0.717) is 22.5 Å². The number of esters is 1. The maximum atomic E-state index is 12.2. The number of benzene rings is 2. The minimum Gasteiger partial charge on any atom is -0.465 e. The molecule has 0 aliphatic rings. The molecule has 2 aromatic carbocycles. The van der Waals surface area contributed by atoms with E-state index in [9.17, 15) is 24.5 Å². The number of anilines is 2. The fraction of sp³-hybridized carbons (Fsp3) is 0.150. The molecule has 0 fully saturated rings. The minimum atomic E-state index is -0.549. The Hall–Kier alpha value is -4.01. The van der Waals surface area contributed by atoms with Crippen LogP contribution in [0.15, 0.2) is 54.1 Å². The van der Waals surface area contributed by atoms with Gasteiger partial charge in [0.2, 0.25) is 5.91 Å². The molecule has 0 unspecified atom stereocenters. The van der Waals surface area contributed by atoms with E-state index in [-0.39, 0.29) is 11.3 Å². The van der Waals surface area contributed by atoms with Crippen molar-refractivity contribution in [1.29, 1.82) is 0 Å². The third kappa shape index (κ3) is 5.73. The molecule has 2 rings (SSSR count). The molecule has 0 atom stereocenters. The number of carbonyl (C=O) groups is 3. The summed E-state index contributed by atoms with van der Waals surface area (Å²) >= 11 is 0. The third-order valence-electron chi connectivity index (χ3n) is 3.93. The highest BCUT2D eigenvalue weighted by Gasteiger charge is 2.12. The van der Waals surface area contributed by atoms with Crippen LogP contribution in [0.1, 0.15) is 22.8 Å². The molecule has 0 aliphatic carbocycles. The van der Waals surface area contributed by atoms with Crippen LogP contribution in [0.5, 0.6) is 0 Å². The lowest BCUT2D eigenvalue weighted by atomic mass is 10.1. The van der Waals surface area contributed by atoms with Gasteiger partial charge in [-0.3, -0.25) is 19.7 Å². The van der Waals surface area contributed by atoms with Crippen molar-refractivity contribution < 1.29 is 24.0 Å². The summed E-state index contributed by atoms with van der Waals surface area (Å²) in [6.07, 6.45) is 1.12. The maximum Gasteiger partial charge on any atom is 0.337 e. The topological polar surface area (TPSA) is 128 Å². The monoisotopic (exact) mass is 397 g/mol. The number of ether oxygens (including phenoxy) is 1. The van der Waals surface area contributed by atoms with Gasteiger partial charge in [0.25, 0.3) is 11.6 Å². The number of hydrogen-bond donors (Lipinski definition) is 2. The van der Waals surface area contributed by atoms with Crippen molar-refractivity contribution in [1.82, 2.24) is 0 Å². The van der Waals surface area contributed by atoms with Crippen LogP contribution in [-0.4, -0.2) is 29.8 Å². The zero-order valence-corrected chi connectivity index (χ0v) is 16.0. The first-order chi connectivity index (χ1) is 13.7. The van der Waals surface area contributed by atoms with E-state index in [4.69, 9.17) is 0 Å². The Balaban J connectivity index is 2.01. The Kier molecular flexibility index (Phi) is 6.80. The fourth-order valence-electron chi connectivity index (χ4n) is 2.42. The number of aryl methyl sites for hydroxylation is 1. The van der Waals surface area contributed by atoms with E-state index in [1.54, 1.807) is 6.92 Å². The van der Waals surface area contributed by atoms with Gasteiger partial charge in [0, 0.05) is 34.7 Å². The number of nitro benzene ring substituents is 1. The van der Waals surface area contributed by atoms with Crippen LogP contribution in [0.2, 0.25) is 0 Å². The van der Waals surface area contributed by atoms with Gasteiger partial charge in [-0.1, -0.05) is 0 Å². The second-order valence-corrected chi connectivity index (χ2v) is 6.10. The second-order valence-electron chi connectivity index (χ2n) is 6.10. The normalized spacial score (nSPS) is 10.8. The highest BCUT2D eigenvalue weighted by molar-refractivity contribution is 6.10. The van der Waals surface area contributed by atoms with Crippen LogP contribution in [0.3, 0.4) is 0 Å². The highest BCUT2D eigenvalue weighted by atomic mass is 16.6. The molecule has 0 spiro atoms. The minimum absolute atomic E-state index is 0.0488. The van der Waals surface area contributed by atoms with E-state index in [0.717, 1.165) is 6.08 Å². The van der Waals surface area contributed by atoms with Crippen molar-refractivity contribution in [2.75, 3.05) is 17.7 Å². The zero-order chi connectivity index (χ0) is 21.6.